The highest BCUT2D eigenvalue weighted by molar-refractivity contribution is 9.10. The highest BCUT2D eigenvalue weighted by atomic mass is 79.9. The van der Waals surface area contributed by atoms with Crippen LogP contribution in [0.2, 0.25) is 0 Å². The minimum Gasteiger partial charge on any atom is -0.491 e. The Morgan fingerprint density at radius 3 is 2.22 bits per heavy atom. The molecule has 0 bridgehead atoms. The Morgan fingerprint density at radius 2 is 1.62 bits per heavy atom. The zero-order chi connectivity index (χ0) is 40.2. The first-order valence-electron chi connectivity index (χ1n) is 18.2. The Balaban J connectivity index is 1.40. The van der Waals surface area contributed by atoms with Gasteiger partial charge in [-0.3, -0.25) is 4.79 Å². The van der Waals surface area contributed by atoms with Crippen LogP contribution in [-0.4, -0.2) is 91.8 Å². The van der Waals surface area contributed by atoms with E-state index in [2.05, 4.69) is 41.5 Å². The molecule has 1 saturated carbocycles. The van der Waals surface area contributed by atoms with E-state index in [1.54, 1.807) is 66.9 Å². The number of carbonyl (C=O) groups is 4. The second kappa shape index (κ2) is 14.4. The normalized spacial score (nSPS) is 18.4. The van der Waals surface area contributed by atoms with Crippen LogP contribution < -0.4 is 25.2 Å². The van der Waals surface area contributed by atoms with Crippen molar-refractivity contribution in [3.8, 4) is 5.75 Å². The molecular weight excluding hydrogens is 783 g/mol. The lowest BCUT2D eigenvalue weighted by Gasteiger charge is -2.32. The van der Waals surface area contributed by atoms with E-state index >= 15 is 4.39 Å². The first kappa shape index (κ1) is 39.9. The summed E-state index contributed by atoms with van der Waals surface area (Å²) < 4.78 is 40.7. The third-order valence-electron chi connectivity index (χ3n) is 8.84. The molecule has 2 aromatic heterocycles. The third kappa shape index (κ3) is 8.73. The largest absolute Gasteiger partial charge is 0.491 e. The summed E-state index contributed by atoms with van der Waals surface area (Å²) in [5, 5.41) is 5.92. The first-order valence-corrected chi connectivity index (χ1v) is 19.0. The Kier molecular flexibility index (Phi) is 10.5. The van der Waals surface area contributed by atoms with Crippen LogP contribution in [0.25, 0.3) is 11.2 Å². The number of hydrogen-bond donors (Lipinski definition) is 2. The van der Waals surface area contributed by atoms with Crippen LogP contribution in [0.4, 0.5) is 30.3 Å². The number of imide groups is 1. The molecule has 18 heteroatoms. The minimum absolute atomic E-state index is 0.0213. The summed E-state index contributed by atoms with van der Waals surface area (Å²) in [7, 11) is 0. The number of amides is 4. The van der Waals surface area contributed by atoms with Crippen molar-refractivity contribution in [2.75, 3.05) is 29.5 Å². The van der Waals surface area contributed by atoms with Crippen molar-refractivity contribution < 1.29 is 42.5 Å². The van der Waals surface area contributed by atoms with Crippen molar-refractivity contribution in [3.05, 3.63) is 34.1 Å². The van der Waals surface area contributed by atoms with Gasteiger partial charge in [0.1, 0.15) is 40.2 Å². The smallest absolute Gasteiger partial charge is 0.425 e. The summed E-state index contributed by atoms with van der Waals surface area (Å²) in [6.45, 7) is 15.8. The number of nitrogens with zero attached hydrogens (tertiary/aromatic N) is 6. The predicted molar refractivity (Wildman–Crippen MR) is 203 cm³/mol. The average Bonchev–Trinajstić information content (AvgIpc) is 3.38. The van der Waals surface area contributed by atoms with Gasteiger partial charge >= 0.3 is 18.3 Å². The zero-order valence-electron chi connectivity index (χ0n) is 32.6. The molecule has 1 aliphatic carbocycles. The molecule has 6 rings (SSSR count). The summed E-state index contributed by atoms with van der Waals surface area (Å²) in [6, 6.07) is 0.0323. The van der Waals surface area contributed by atoms with Crippen molar-refractivity contribution in [1.29, 1.82) is 0 Å². The number of carbonyl (C=O) groups excluding carboxylic acids is 4. The van der Waals surface area contributed by atoms with Crippen LogP contribution in [0.5, 0.6) is 5.75 Å². The number of halogens is 2. The maximum absolute atomic E-state index is 16.1. The van der Waals surface area contributed by atoms with Gasteiger partial charge in [-0.1, -0.05) is 0 Å². The van der Waals surface area contributed by atoms with Crippen LogP contribution in [0.3, 0.4) is 0 Å². The fourth-order valence-corrected chi connectivity index (χ4v) is 6.99. The summed E-state index contributed by atoms with van der Waals surface area (Å²) in [5.74, 6) is -0.648. The van der Waals surface area contributed by atoms with Gasteiger partial charge in [0, 0.05) is 30.1 Å². The molecule has 3 aliphatic rings. The Morgan fingerprint density at radius 1 is 0.982 bits per heavy atom. The highest BCUT2D eigenvalue weighted by Crippen LogP contribution is 2.47. The number of imidazole rings is 1. The SMILES string of the molecule is CC(C)(C)OC(=O)N[C@]1(C(=O)NC2CC2)CCN(c2c(Cn3cnc4c(N(C(=O)OC(C)(C)C)C(=O)OC(C)(C)C)ncnc43)c(Br)c(F)c3c2OCC3)C1. The first-order chi connectivity index (χ1) is 25.6. The number of ether oxygens (including phenoxy) is 4. The average molecular weight is 832 g/mol. The van der Waals surface area contributed by atoms with Crippen LogP contribution in [0.1, 0.15) is 92.7 Å². The molecule has 1 atom stereocenters. The Labute approximate surface area is 326 Å². The van der Waals surface area contributed by atoms with Crippen LogP contribution in [-0.2, 0) is 32.0 Å². The van der Waals surface area contributed by atoms with E-state index in [1.165, 1.54) is 12.7 Å². The molecule has 3 aromatic rings. The summed E-state index contributed by atoms with van der Waals surface area (Å²) >= 11 is 3.52. The van der Waals surface area contributed by atoms with E-state index in [0.717, 1.165) is 12.8 Å². The summed E-state index contributed by atoms with van der Waals surface area (Å²) in [6.07, 6.45) is 2.12. The van der Waals surface area contributed by atoms with Gasteiger partial charge in [0.2, 0.25) is 5.91 Å². The molecular formula is C37H48BrFN8O8. The molecule has 1 aromatic carbocycles. The van der Waals surface area contributed by atoms with Gasteiger partial charge in [-0.2, -0.15) is 4.90 Å². The fourth-order valence-electron chi connectivity index (χ4n) is 6.44. The molecule has 2 N–H and O–H groups in total. The van der Waals surface area contributed by atoms with E-state index < -0.39 is 46.4 Å². The lowest BCUT2D eigenvalue weighted by atomic mass is 9.97. The van der Waals surface area contributed by atoms with Gasteiger partial charge < -0.3 is 39.0 Å². The second-order valence-electron chi connectivity index (χ2n) is 17.0. The molecule has 0 spiro atoms. The maximum Gasteiger partial charge on any atom is 0.425 e. The molecule has 4 heterocycles. The highest BCUT2D eigenvalue weighted by Gasteiger charge is 2.49. The number of alkyl carbamates (subject to hydrolysis) is 1. The van der Waals surface area contributed by atoms with Crippen molar-refractivity contribution in [2.45, 2.75) is 123 Å². The lowest BCUT2D eigenvalue weighted by Crippen LogP contribution is -2.61. The van der Waals surface area contributed by atoms with Gasteiger partial charge in [-0.25, -0.2) is 33.7 Å². The zero-order valence-corrected chi connectivity index (χ0v) is 34.2. The minimum atomic E-state index is -1.36. The standard InChI is InChI=1S/C37H48BrFN8O8/c1-34(2,3)53-31(49)44-37(30(48)43-20-10-11-20)13-14-45(17-37)26-22(23(38)24(39)21-12-15-52-27(21)26)16-46-19-42-25-28(46)40-18-41-29(25)47(32(50)54-35(4,5)6)33(51)55-36(7,8)9/h18-20H,10-17H2,1-9H3,(H,43,48)(H,44,49)/t37-/m1/s1. The van der Waals surface area contributed by atoms with E-state index in [0.29, 0.717) is 40.4 Å². The van der Waals surface area contributed by atoms with Crippen molar-refractivity contribution >= 4 is 62.8 Å². The second-order valence-corrected chi connectivity index (χ2v) is 17.8. The number of aromatic nitrogens is 4. The summed E-state index contributed by atoms with van der Waals surface area (Å²) in [4.78, 5) is 69.8. The van der Waals surface area contributed by atoms with Crippen LogP contribution in [0, 0.1) is 5.82 Å². The Bertz CT molecular complexity index is 2010. The van der Waals surface area contributed by atoms with Crippen molar-refractivity contribution in [1.82, 2.24) is 30.2 Å². The van der Waals surface area contributed by atoms with E-state index in [1.807, 2.05) is 4.90 Å². The van der Waals surface area contributed by atoms with Crippen LogP contribution in [0.15, 0.2) is 17.1 Å². The number of benzene rings is 1. The lowest BCUT2D eigenvalue weighted by molar-refractivity contribution is -0.127. The molecule has 0 radical (unpaired) electrons. The van der Waals surface area contributed by atoms with Crippen LogP contribution >= 0.6 is 15.9 Å². The summed E-state index contributed by atoms with van der Waals surface area (Å²) in [5.41, 5.74) is -2.41. The third-order valence-corrected chi connectivity index (χ3v) is 9.67. The predicted octanol–water partition coefficient (Wildman–Crippen LogP) is 6.14. The fraction of sp³-hybridized carbons (Fsp3) is 0.595. The number of fused-ring (bicyclic) bond motifs is 2. The van der Waals surface area contributed by atoms with E-state index in [-0.39, 0.29) is 59.5 Å². The molecule has 55 heavy (non-hydrogen) atoms. The molecule has 2 fully saturated rings. The number of anilines is 2. The number of rotatable bonds is 7. The van der Waals surface area contributed by atoms with Gasteiger partial charge in [0.25, 0.3) is 0 Å². The monoisotopic (exact) mass is 830 g/mol. The topological polar surface area (TPSA) is 179 Å². The Hall–Kier alpha value is -4.74. The van der Waals surface area contributed by atoms with Crippen molar-refractivity contribution in [2.24, 2.45) is 0 Å². The number of hydrogen-bond acceptors (Lipinski definition) is 12. The van der Waals surface area contributed by atoms with E-state index in [4.69, 9.17) is 18.9 Å². The number of nitrogens with one attached hydrogen (secondary N) is 2. The molecule has 2 aliphatic heterocycles. The maximum atomic E-state index is 16.1. The van der Waals surface area contributed by atoms with Gasteiger partial charge in [0.05, 0.1) is 36.2 Å². The van der Waals surface area contributed by atoms with Crippen molar-refractivity contribution in [3.63, 3.8) is 0 Å². The van der Waals surface area contributed by atoms with E-state index in [9.17, 15) is 19.2 Å². The molecule has 0 unspecified atom stereocenters. The molecule has 1 saturated heterocycles. The van der Waals surface area contributed by atoms with Gasteiger partial charge in [0.15, 0.2) is 17.0 Å². The van der Waals surface area contributed by atoms with Gasteiger partial charge in [-0.15, -0.1) is 0 Å². The molecule has 4 amide bonds. The molecule has 298 valence electrons. The van der Waals surface area contributed by atoms with Gasteiger partial charge in [-0.05, 0) is 97.5 Å². The quantitative estimate of drug-likeness (QED) is 0.260. The molecule has 16 nitrogen and oxygen atoms in total.